The lowest BCUT2D eigenvalue weighted by molar-refractivity contribution is -0.169. The first-order chi connectivity index (χ1) is 12.9. The average Bonchev–Trinajstić information content (AvgIpc) is 2.65. The predicted octanol–water partition coefficient (Wildman–Crippen LogP) is 5.44. The van der Waals surface area contributed by atoms with Crippen molar-refractivity contribution in [2.24, 2.45) is 11.3 Å². The van der Waals surface area contributed by atoms with Crippen molar-refractivity contribution in [3.63, 3.8) is 0 Å². The standard InChI is InChI=1S/C24H42O3Si/c1-19(18-25)24(26)17-13-9-12-16-21(22(24,2)3)27-28(6,7)23(4,5)20-14-10-8-11-15-20/h8,10-11,14-15,19,21,25-26H,9,12-13,16-18H2,1-7H3/t19-,21+,24+/m0/s1. The highest BCUT2D eigenvalue weighted by molar-refractivity contribution is 6.74. The summed E-state index contributed by atoms with van der Waals surface area (Å²) in [4.78, 5) is 0. The van der Waals surface area contributed by atoms with Crippen molar-refractivity contribution in [2.75, 3.05) is 6.61 Å². The minimum Gasteiger partial charge on any atom is -0.413 e. The van der Waals surface area contributed by atoms with Gasteiger partial charge in [-0.25, -0.2) is 0 Å². The number of hydrogen-bond donors (Lipinski definition) is 2. The first-order valence-electron chi connectivity index (χ1n) is 11.0. The van der Waals surface area contributed by atoms with Crippen LogP contribution in [0.1, 0.15) is 72.3 Å². The third-order valence-electron chi connectivity index (χ3n) is 7.97. The molecule has 0 heterocycles. The van der Waals surface area contributed by atoms with Crippen LogP contribution in [0, 0.1) is 11.3 Å². The molecule has 1 fully saturated rings. The van der Waals surface area contributed by atoms with Crippen molar-refractivity contribution in [3.05, 3.63) is 35.9 Å². The fourth-order valence-electron chi connectivity index (χ4n) is 4.81. The van der Waals surface area contributed by atoms with E-state index in [1.54, 1.807) is 0 Å². The smallest absolute Gasteiger partial charge is 0.197 e. The maximum Gasteiger partial charge on any atom is 0.197 e. The van der Waals surface area contributed by atoms with Gasteiger partial charge in [-0.15, -0.1) is 0 Å². The van der Waals surface area contributed by atoms with E-state index in [0.717, 1.165) is 32.1 Å². The van der Waals surface area contributed by atoms with Crippen LogP contribution < -0.4 is 0 Å². The van der Waals surface area contributed by atoms with Crippen molar-refractivity contribution in [1.29, 1.82) is 0 Å². The minimum atomic E-state index is -2.17. The number of aliphatic hydroxyl groups excluding tert-OH is 1. The van der Waals surface area contributed by atoms with Gasteiger partial charge in [-0.3, -0.25) is 0 Å². The fourth-order valence-corrected chi connectivity index (χ4v) is 7.09. The summed E-state index contributed by atoms with van der Waals surface area (Å²) >= 11 is 0. The maximum absolute atomic E-state index is 11.7. The van der Waals surface area contributed by atoms with Gasteiger partial charge >= 0.3 is 0 Å². The largest absolute Gasteiger partial charge is 0.413 e. The molecule has 0 amide bonds. The van der Waals surface area contributed by atoms with Crippen LogP contribution in [-0.4, -0.2) is 36.8 Å². The molecule has 0 saturated heterocycles. The molecule has 4 heteroatoms. The summed E-state index contributed by atoms with van der Waals surface area (Å²) in [7, 11) is -2.17. The third kappa shape index (κ3) is 4.25. The zero-order chi connectivity index (χ0) is 21.2. The second kappa shape index (κ2) is 8.59. The van der Waals surface area contributed by atoms with Crippen LogP contribution in [0.4, 0.5) is 0 Å². The van der Waals surface area contributed by atoms with Crippen LogP contribution in [0.5, 0.6) is 0 Å². The van der Waals surface area contributed by atoms with Crippen LogP contribution in [0.25, 0.3) is 0 Å². The van der Waals surface area contributed by atoms with Crippen molar-refractivity contribution in [2.45, 2.75) is 96.6 Å². The van der Waals surface area contributed by atoms with Gasteiger partial charge in [0.2, 0.25) is 0 Å². The number of benzene rings is 1. The summed E-state index contributed by atoms with van der Waals surface area (Å²) in [5, 5.41) is 21.5. The highest BCUT2D eigenvalue weighted by atomic mass is 28.4. The Bertz CT molecular complexity index is 626. The molecule has 3 atom stereocenters. The van der Waals surface area contributed by atoms with Gasteiger partial charge in [0.25, 0.3) is 0 Å². The molecule has 0 aliphatic heterocycles. The normalized spacial score (nSPS) is 27.7. The first-order valence-corrected chi connectivity index (χ1v) is 13.9. The van der Waals surface area contributed by atoms with Gasteiger partial charge < -0.3 is 14.6 Å². The molecule has 1 aliphatic carbocycles. The lowest BCUT2D eigenvalue weighted by atomic mass is 9.61. The topological polar surface area (TPSA) is 49.7 Å². The van der Waals surface area contributed by atoms with Crippen LogP contribution in [0.3, 0.4) is 0 Å². The summed E-state index contributed by atoms with van der Waals surface area (Å²) in [6.07, 6.45) is 4.93. The van der Waals surface area contributed by atoms with E-state index in [4.69, 9.17) is 4.43 Å². The summed E-state index contributed by atoms with van der Waals surface area (Å²) in [6, 6.07) is 10.7. The Hall–Kier alpha value is -0.683. The Morgan fingerprint density at radius 2 is 1.75 bits per heavy atom. The Morgan fingerprint density at radius 1 is 1.14 bits per heavy atom. The molecular formula is C24H42O3Si. The molecule has 160 valence electrons. The quantitative estimate of drug-likeness (QED) is 0.618. The van der Waals surface area contributed by atoms with Gasteiger partial charge in [0, 0.05) is 23.0 Å². The van der Waals surface area contributed by atoms with E-state index >= 15 is 0 Å². The van der Waals surface area contributed by atoms with Gasteiger partial charge in [-0.2, -0.15) is 0 Å². The molecule has 3 nitrogen and oxygen atoms in total. The third-order valence-corrected chi connectivity index (χ3v) is 12.1. The predicted molar refractivity (Wildman–Crippen MR) is 120 cm³/mol. The molecule has 0 radical (unpaired) electrons. The zero-order valence-corrected chi connectivity index (χ0v) is 20.1. The van der Waals surface area contributed by atoms with Gasteiger partial charge in [-0.05, 0) is 31.5 Å². The van der Waals surface area contributed by atoms with Gasteiger partial charge in [0.15, 0.2) is 8.32 Å². The van der Waals surface area contributed by atoms with E-state index in [-0.39, 0.29) is 23.7 Å². The monoisotopic (exact) mass is 406 g/mol. The van der Waals surface area contributed by atoms with E-state index in [0.29, 0.717) is 0 Å². The lowest BCUT2D eigenvalue weighted by Gasteiger charge is -2.54. The molecular weight excluding hydrogens is 364 g/mol. The molecule has 0 aromatic heterocycles. The van der Waals surface area contributed by atoms with Crippen LogP contribution in [0.15, 0.2) is 30.3 Å². The van der Waals surface area contributed by atoms with Gasteiger partial charge in [0.05, 0.1) is 11.7 Å². The van der Waals surface area contributed by atoms with Crippen molar-refractivity contribution >= 4 is 8.32 Å². The Kier molecular flexibility index (Phi) is 7.24. The Balaban J connectivity index is 2.37. The molecule has 1 aromatic rings. The first kappa shape index (κ1) is 23.6. The molecule has 0 spiro atoms. The fraction of sp³-hybridized carbons (Fsp3) is 0.750. The average molecular weight is 407 g/mol. The molecule has 1 aliphatic rings. The van der Waals surface area contributed by atoms with E-state index in [1.807, 2.05) is 6.92 Å². The second-order valence-corrected chi connectivity index (χ2v) is 14.9. The number of rotatable bonds is 6. The van der Waals surface area contributed by atoms with Gasteiger partial charge in [-0.1, -0.05) is 84.2 Å². The summed E-state index contributed by atoms with van der Waals surface area (Å²) in [6.45, 7) is 15.5. The number of hydrogen-bond acceptors (Lipinski definition) is 3. The lowest BCUT2D eigenvalue weighted by Crippen LogP contribution is -2.61. The van der Waals surface area contributed by atoms with E-state index < -0.39 is 19.3 Å². The highest BCUT2D eigenvalue weighted by Crippen LogP contribution is 2.49. The van der Waals surface area contributed by atoms with Crippen molar-refractivity contribution < 1.29 is 14.6 Å². The maximum atomic E-state index is 11.7. The zero-order valence-electron chi connectivity index (χ0n) is 19.1. The number of aliphatic hydroxyl groups is 2. The highest BCUT2D eigenvalue weighted by Gasteiger charge is 2.54. The van der Waals surface area contributed by atoms with Crippen molar-refractivity contribution in [1.82, 2.24) is 0 Å². The SMILES string of the molecule is C[C@@H](CO)[C@]1(O)CCCCC[C@@H](O[Si](C)(C)C(C)(C)c2ccccc2)C1(C)C. The second-order valence-electron chi connectivity index (χ2n) is 10.4. The molecule has 2 N–H and O–H groups in total. The summed E-state index contributed by atoms with van der Waals surface area (Å²) < 4.78 is 7.04. The molecule has 1 saturated carbocycles. The van der Waals surface area contributed by atoms with Crippen LogP contribution >= 0.6 is 0 Å². The summed E-state index contributed by atoms with van der Waals surface area (Å²) in [5.74, 6) is -0.168. The van der Waals surface area contributed by atoms with Crippen molar-refractivity contribution in [3.8, 4) is 0 Å². The Morgan fingerprint density at radius 3 is 2.32 bits per heavy atom. The Labute approximate surface area is 173 Å². The van der Waals surface area contributed by atoms with Gasteiger partial charge in [0.1, 0.15) is 0 Å². The van der Waals surface area contributed by atoms with Crippen LogP contribution in [0.2, 0.25) is 13.1 Å². The van der Waals surface area contributed by atoms with Crippen LogP contribution in [-0.2, 0) is 9.46 Å². The minimum absolute atomic E-state index is 0.00296. The molecule has 1 aromatic carbocycles. The van der Waals surface area contributed by atoms with E-state index in [2.05, 4.69) is 71.1 Å². The molecule has 2 rings (SSSR count). The van der Waals surface area contributed by atoms with E-state index in [1.165, 1.54) is 5.56 Å². The molecule has 0 bridgehead atoms. The molecule has 0 unspecified atom stereocenters. The molecule has 28 heavy (non-hydrogen) atoms. The van der Waals surface area contributed by atoms with E-state index in [9.17, 15) is 10.2 Å². The summed E-state index contributed by atoms with van der Waals surface area (Å²) in [5.41, 5.74) is -0.0322.